The molecule has 0 fully saturated rings. The molecule has 3 aromatic rings. The van der Waals surface area contributed by atoms with Crippen molar-refractivity contribution >= 4 is 35.4 Å². The highest BCUT2D eigenvalue weighted by Gasteiger charge is 2.22. The molecule has 0 saturated heterocycles. The van der Waals surface area contributed by atoms with Gasteiger partial charge in [0.05, 0.1) is 18.6 Å². The van der Waals surface area contributed by atoms with Gasteiger partial charge in [0.1, 0.15) is 6.04 Å². The molecule has 30 heavy (non-hydrogen) atoms. The molecule has 9 nitrogen and oxygen atoms in total. The summed E-state index contributed by atoms with van der Waals surface area (Å²) in [4.78, 5) is 26.0. The number of carbonyl (C=O) groups excluding carboxylic acids is 2. The maximum atomic E-state index is 12.6. The second-order valence-electron chi connectivity index (χ2n) is 6.12. The van der Waals surface area contributed by atoms with E-state index in [2.05, 4.69) is 21.0 Å². The molecular formula is C19H21N5O4S2. The minimum atomic E-state index is -0.705. The summed E-state index contributed by atoms with van der Waals surface area (Å²) in [6.07, 6.45) is 0. The van der Waals surface area contributed by atoms with Gasteiger partial charge in [-0.1, -0.05) is 6.07 Å². The van der Waals surface area contributed by atoms with E-state index in [1.807, 2.05) is 24.4 Å². The number of hydrogen-bond acceptors (Lipinski definition) is 7. The van der Waals surface area contributed by atoms with Gasteiger partial charge < -0.3 is 9.47 Å². The van der Waals surface area contributed by atoms with Crippen molar-refractivity contribution in [3.05, 3.63) is 46.0 Å². The highest BCUT2D eigenvalue weighted by atomic mass is 32.1. The third kappa shape index (κ3) is 4.52. The van der Waals surface area contributed by atoms with Gasteiger partial charge >= 0.3 is 0 Å². The highest BCUT2D eigenvalue weighted by Crippen LogP contribution is 2.28. The van der Waals surface area contributed by atoms with Crippen LogP contribution < -0.4 is 20.3 Å². The Hall–Kier alpha value is -3.18. The Bertz CT molecular complexity index is 1090. The van der Waals surface area contributed by atoms with Crippen molar-refractivity contribution in [2.75, 3.05) is 13.7 Å². The van der Waals surface area contributed by atoms with Crippen LogP contribution in [-0.4, -0.2) is 40.3 Å². The molecule has 2 amide bonds. The van der Waals surface area contributed by atoms with Crippen LogP contribution in [0.4, 0.5) is 0 Å². The van der Waals surface area contributed by atoms with Crippen molar-refractivity contribution in [2.24, 2.45) is 0 Å². The van der Waals surface area contributed by atoms with Gasteiger partial charge in [-0.25, -0.2) is 0 Å². The van der Waals surface area contributed by atoms with Gasteiger partial charge in [-0.3, -0.25) is 30.1 Å². The van der Waals surface area contributed by atoms with Crippen LogP contribution in [0, 0.1) is 4.77 Å². The van der Waals surface area contributed by atoms with E-state index >= 15 is 0 Å². The van der Waals surface area contributed by atoms with Crippen molar-refractivity contribution in [3.63, 3.8) is 0 Å². The number of hydrogen-bond donors (Lipinski definition) is 3. The van der Waals surface area contributed by atoms with E-state index in [1.165, 1.54) is 24.5 Å². The molecule has 158 valence electrons. The molecule has 3 rings (SSSR count). The quantitative estimate of drug-likeness (QED) is 0.379. The van der Waals surface area contributed by atoms with Gasteiger partial charge in [-0.05, 0) is 55.7 Å². The first-order valence-corrected chi connectivity index (χ1v) is 10.4. The number of thiophene rings is 1. The minimum Gasteiger partial charge on any atom is -0.493 e. The second kappa shape index (κ2) is 9.55. The molecule has 0 aliphatic rings. The predicted molar refractivity (Wildman–Crippen MR) is 115 cm³/mol. The van der Waals surface area contributed by atoms with Crippen LogP contribution in [0.5, 0.6) is 11.5 Å². The third-order valence-corrected chi connectivity index (χ3v) is 5.39. The number of amides is 2. The maximum absolute atomic E-state index is 12.6. The lowest BCUT2D eigenvalue weighted by atomic mass is 10.2. The number of methoxy groups -OCH3 is 1. The summed E-state index contributed by atoms with van der Waals surface area (Å²) in [5.41, 5.74) is 5.15. The van der Waals surface area contributed by atoms with Gasteiger partial charge in [0, 0.05) is 5.56 Å². The number of nitrogens with zero attached hydrogens (tertiary/aromatic N) is 2. The molecule has 0 bridgehead atoms. The molecule has 0 spiro atoms. The van der Waals surface area contributed by atoms with Crippen LogP contribution >= 0.6 is 23.6 Å². The zero-order chi connectivity index (χ0) is 21.7. The average molecular weight is 448 g/mol. The lowest BCUT2D eigenvalue weighted by molar-refractivity contribution is -0.124. The fraction of sp³-hybridized carbons (Fsp3) is 0.263. The summed E-state index contributed by atoms with van der Waals surface area (Å²) in [5.74, 6) is 0.571. The van der Waals surface area contributed by atoms with E-state index < -0.39 is 17.9 Å². The topological polar surface area (TPSA) is 110 Å². The first-order valence-electron chi connectivity index (χ1n) is 9.08. The smallest absolute Gasteiger partial charge is 0.269 e. The van der Waals surface area contributed by atoms with E-state index in [0.29, 0.717) is 34.3 Å². The molecule has 0 aliphatic carbocycles. The van der Waals surface area contributed by atoms with Crippen LogP contribution in [0.25, 0.3) is 10.7 Å². The molecule has 1 unspecified atom stereocenters. The minimum absolute atomic E-state index is 0.308. The van der Waals surface area contributed by atoms with Gasteiger partial charge in [0.2, 0.25) is 0 Å². The number of hydrazine groups is 1. The number of nitrogens with one attached hydrogen (secondary N) is 3. The molecule has 2 aromatic heterocycles. The van der Waals surface area contributed by atoms with Gasteiger partial charge in [0.25, 0.3) is 11.8 Å². The Morgan fingerprint density at radius 2 is 2.10 bits per heavy atom. The Balaban J connectivity index is 1.70. The monoisotopic (exact) mass is 447 g/mol. The average Bonchev–Trinajstić information content (AvgIpc) is 3.41. The van der Waals surface area contributed by atoms with Gasteiger partial charge in [0.15, 0.2) is 22.1 Å². The highest BCUT2D eigenvalue weighted by molar-refractivity contribution is 7.71. The van der Waals surface area contributed by atoms with Gasteiger partial charge in [-0.15, -0.1) is 11.3 Å². The van der Waals surface area contributed by atoms with Crippen LogP contribution in [0.3, 0.4) is 0 Å². The summed E-state index contributed by atoms with van der Waals surface area (Å²) < 4.78 is 12.6. The fourth-order valence-electron chi connectivity index (χ4n) is 2.74. The number of aromatic amines is 1. The Morgan fingerprint density at radius 3 is 2.77 bits per heavy atom. The van der Waals surface area contributed by atoms with Crippen LogP contribution in [0.15, 0.2) is 35.7 Å². The summed E-state index contributed by atoms with van der Waals surface area (Å²) >= 11 is 6.76. The zero-order valence-electron chi connectivity index (χ0n) is 16.6. The SMILES string of the molecule is CCOc1ccc(C(=O)NNC(=O)C(C)n2c(-c3cccs3)n[nH]c2=S)cc1OC. The van der Waals surface area contributed by atoms with E-state index in [4.69, 9.17) is 21.7 Å². The summed E-state index contributed by atoms with van der Waals surface area (Å²) in [6.45, 7) is 4.00. The molecule has 1 aromatic carbocycles. The second-order valence-corrected chi connectivity index (χ2v) is 7.45. The molecule has 3 N–H and O–H groups in total. The van der Waals surface area contributed by atoms with E-state index in [-0.39, 0.29) is 0 Å². The van der Waals surface area contributed by atoms with Crippen molar-refractivity contribution in [1.82, 2.24) is 25.6 Å². The van der Waals surface area contributed by atoms with E-state index in [1.54, 1.807) is 23.6 Å². The van der Waals surface area contributed by atoms with Crippen molar-refractivity contribution in [1.29, 1.82) is 0 Å². The van der Waals surface area contributed by atoms with Crippen LogP contribution in [0.2, 0.25) is 0 Å². The molecule has 2 heterocycles. The lowest BCUT2D eigenvalue weighted by Gasteiger charge is -2.16. The number of aromatic nitrogens is 3. The first kappa shape index (κ1) is 21.5. The predicted octanol–water partition coefficient (Wildman–Crippen LogP) is 3.10. The van der Waals surface area contributed by atoms with Crippen molar-refractivity contribution in [2.45, 2.75) is 19.9 Å². The summed E-state index contributed by atoms with van der Waals surface area (Å²) in [5, 5.41) is 8.83. The van der Waals surface area contributed by atoms with Crippen LogP contribution in [-0.2, 0) is 4.79 Å². The number of H-pyrrole nitrogens is 1. The lowest BCUT2D eigenvalue weighted by Crippen LogP contribution is -2.44. The number of ether oxygens (including phenoxy) is 2. The Kier molecular flexibility index (Phi) is 6.85. The molecule has 0 saturated carbocycles. The number of benzene rings is 1. The molecule has 0 radical (unpaired) electrons. The van der Waals surface area contributed by atoms with Crippen molar-refractivity contribution in [3.8, 4) is 22.2 Å². The third-order valence-electron chi connectivity index (χ3n) is 4.24. The standard InChI is InChI=1S/C19H21N5O4S2/c1-4-28-13-8-7-12(10-14(13)27-3)18(26)22-21-17(25)11(2)24-16(20-23-19(24)29)15-6-5-9-30-15/h5-11H,4H2,1-3H3,(H,21,25)(H,22,26)(H,23,29). The van der Waals surface area contributed by atoms with E-state index in [0.717, 1.165) is 4.88 Å². The van der Waals surface area contributed by atoms with Gasteiger partial charge in [-0.2, -0.15) is 5.10 Å². The Labute approximate surface area is 182 Å². The molecule has 11 heteroatoms. The Morgan fingerprint density at radius 1 is 1.30 bits per heavy atom. The van der Waals surface area contributed by atoms with E-state index in [9.17, 15) is 9.59 Å². The first-order chi connectivity index (χ1) is 14.5. The summed E-state index contributed by atoms with van der Waals surface area (Å²) in [7, 11) is 1.49. The molecule has 0 aliphatic heterocycles. The number of carbonyl (C=O) groups is 2. The molecule has 1 atom stereocenters. The normalized spacial score (nSPS) is 11.6. The fourth-order valence-corrected chi connectivity index (χ4v) is 3.74. The largest absolute Gasteiger partial charge is 0.493 e. The molecular weight excluding hydrogens is 426 g/mol. The maximum Gasteiger partial charge on any atom is 0.269 e. The summed E-state index contributed by atoms with van der Waals surface area (Å²) in [6, 6.07) is 7.83. The zero-order valence-corrected chi connectivity index (χ0v) is 18.2. The van der Waals surface area contributed by atoms with Crippen LogP contribution in [0.1, 0.15) is 30.2 Å². The van der Waals surface area contributed by atoms with Crippen molar-refractivity contribution < 1.29 is 19.1 Å². The number of rotatable bonds is 7.